The van der Waals surface area contributed by atoms with Crippen molar-refractivity contribution in [2.45, 2.75) is 39.2 Å². The molecule has 1 aliphatic heterocycles. The second-order valence-corrected chi connectivity index (χ2v) is 8.28. The highest BCUT2D eigenvalue weighted by Gasteiger charge is 2.38. The molecule has 0 bridgehead atoms. The number of fused-ring (bicyclic) bond motifs is 1. The van der Waals surface area contributed by atoms with Crippen molar-refractivity contribution >= 4 is 23.4 Å². The highest BCUT2D eigenvalue weighted by molar-refractivity contribution is 5.94. The van der Waals surface area contributed by atoms with E-state index in [0.29, 0.717) is 5.75 Å². The molecule has 4 rings (SSSR count). The van der Waals surface area contributed by atoms with Gasteiger partial charge in [-0.25, -0.2) is 4.79 Å². The zero-order chi connectivity index (χ0) is 19.9. The second-order valence-electron chi connectivity index (χ2n) is 8.28. The molecule has 0 radical (unpaired) electrons. The molecule has 3 N–H and O–H groups in total. The third-order valence-electron chi connectivity index (χ3n) is 5.49. The number of nitrogens with one attached hydrogen (secondary N) is 2. The molecule has 1 heterocycles. The molecule has 6 heteroatoms. The summed E-state index contributed by atoms with van der Waals surface area (Å²) >= 11 is 0. The molecule has 2 aliphatic rings. The molecular formula is C22H24N2O4. The van der Waals surface area contributed by atoms with Gasteiger partial charge in [-0.15, -0.1) is 0 Å². The number of hydrogen-bond acceptors (Lipinski definition) is 4. The summed E-state index contributed by atoms with van der Waals surface area (Å²) in [6, 6.07) is 13.2. The summed E-state index contributed by atoms with van der Waals surface area (Å²) < 4.78 is 4.79. The number of anilines is 2. The van der Waals surface area contributed by atoms with Crippen molar-refractivity contribution in [2.24, 2.45) is 11.3 Å². The van der Waals surface area contributed by atoms with Crippen molar-refractivity contribution < 1.29 is 19.4 Å². The molecule has 1 unspecified atom stereocenters. The molecule has 28 heavy (non-hydrogen) atoms. The molecule has 1 amide bonds. The van der Waals surface area contributed by atoms with Crippen LogP contribution < -0.4 is 15.4 Å². The van der Waals surface area contributed by atoms with E-state index in [1.54, 1.807) is 12.1 Å². The van der Waals surface area contributed by atoms with Gasteiger partial charge in [-0.3, -0.25) is 4.79 Å². The summed E-state index contributed by atoms with van der Waals surface area (Å²) in [4.78, 5) is 23.1. The first kappa shape index (κ1) is 18.3. The molecule has 146 valence electrons. The first-order chi connectivity index (χ1) is 13.3. The first-order valence-electron chi connectivity index (χ1n) is 9.53. The molecule has 2 aromatic rings. The van der Waals surface area contributed by atoms with E-state index in [4.69, 9.17) is 9.84 Å². The third kappa shape index (κ3) is 3.67. The van der Waals surface area contributed by atoms with Gasteiger partial charge in [0, 0.05) is 17.3 Å². The Morgan fingerprint density at radius 2 is 1.93 bits per heavy atom. The Morgan fingerprint density at radius 3 is 2.64 bits per heavy atom. The quantitative estimate of drug-likeness (QED) is 0.522. The average Bonchev–Trinajstić information content (AvgIpc) is 3.46. The molecule has 0 aromatic heterocycles. The lowest BCUT2D eigenvalue weighted by molar-refractivity contribution is -0.117. The minimum absolute atomic E-state index is 0.00180. The van der Waals surface area contributed by atoms with Crippen LogP contribution in [0.4, 0.5) is 16.2 Å². The summed E-state index contributed by atoms with van der Waals surface area (Å²) in [5.41, 5.74) is 3.71. The molecule has 1 atom stereocenters. The minimum atomic E-state index is -1.32. The zero-order valence-corrected chi connectivity index (χ0v) is 16.0. The normalized spacial score (nSPS) is 19.9. The summed E-state index contributed by atoms with van der Waals surface area (Å²) in [6.45, 7) is 4.33. The van der Waals surface area contributed by atoms with Gasteiger partial charge < -0.3 is 20.5 Å². The number of carboxylic acid groups (broad SMARTS) is 1. The predicted octanol–water partition coefficient (Wildman–Crippen LogP) is 4.83. The second kappa shape index (κ2) is 6.86. The Bertz CT molecular complexity index is 934. The highest BCUT2D eigenvalue weighted by Crippen LogP contribution is 2.47. The lowest BCUT2D eigenvalue weighted by atomic mass is 9.72. The number of carbonyl (C=O) groups excluding carboxylic acids is 1. The lowest BCUT2D eigenvalue weighted by Crippen LogP contribution is -2.35. The number of rotatable bonds is 4. The fraction of sp³-hybridized carbons (Fsp3) is 0.364. The fourth-order valence-corrected chi connectivity index (χ4v) is 3.91. The summed E-state index contributed by atoms with van der Waals surface area (Å²) in [5, 5.41) is 15.5. The van der Waals surface area contributed by atoms with Crippen molar-refractivity contribution in [3.8, 4) is 5.75 Å². The summed E-state index contributed by atoms with van der Waals surface area (Å²) in [7, 11) is 0. The number of amides is 1. The molecule has 1 fully saturated rings. The minimum Gasteiger partial charge on any atom is -0.449 e. The molecule has 2 aromatic carbocycles. The number of hydrogen-bond donors (Lipinski definition) is 3. The monoisotopic (exact) mass is 380 g/mol. The lowest BCUT2D eigenvalue weighted by Gasteiger charge is -2.42. The molecule has 0 spiro atoms. The van der Waals surface area contributed by atoms with Crippen molar-refractivity contribution in [1.82, 2.24) is 0 Å². The van der Waals surface area contributed by atoms with Crippen molar-refractivity contribution in [3.63, 3.8) is 0 Å². The van der Waals surface area contributed by atoms with E-state index >= 15 is 0 Å². The largest absolute Gasteiger partial charge is 0.511 e. The molecule has 0 saturated heterocycles. The van der Waals surface area contributed by atoms with Crippen LogP contribution in [0.3, 0.4) is 0 Å². The van der Waals surface area contributed by atoms with Gasteiger partial charge >= 0.3 is 6.16 Å². The van der Waals surface area contributed by atoms with E-state index in [2.05, 4.69) is 30.5 Å². The van der Waals surface area contributed by atoms with Crippen LogP contribution in [0.1, 0.15) is 43.9 Å². The van der Waals surface area contributed by atoms with E-state index < -0.39 is 6.16 Å². The van der Waals surface area contributed by atoms with Gasteiger partial charge in [0.25, 0.3) is 0 Å². The molecular weight excluding hydrogens is 356 g/mol. The van der Waals surface area contributed by atoms with Crippen molar-refractivity contribution in [2.75, 3.05) is 10.6 Å². The highest BCUT2D eigenvalue weighted by atomic mass is 16.7. The van der Waals surface area contributed by atoms with E-state index in [9.17, 15) is 9.59 Å². The molecule has 6 nitrogen and oxygen atoms in total. The van der Waals surface area contributed by atoms with Gasteiger partial charge in [0.05, 0.1) is 6.04 Å². The van der Waals surface area contributed by atoms with Crippen LogP contribution in [0, 0.1) is 11.3 Å². The smallest absolute Gasteiger partial charge is 0.449 e. The number of benzene rings is 2. The maximum absolute atomic E-state index is 12.3. The van der Waals surface area contributed by atoms with Crippen molar-refractivity contribution in [1.29, 1.82) is 0 Å². The van der Waals surface area contributed by atoms with Crippen LogP contribution in [0.25, 0.3) is 0 Å². The van der Waals surface area contributed by atoms with Crippen LogP contribution in [0.5, 0.6) is 5.75 Å². The Morgan fingerprint density at radius 1 is 1.18 bits per heavy atom. The van der Waals surface area contributed by atoms with Crippen LogP contribution in [-0.4, -0.2) is 17.2 Å². The summed E-state index contributed by atoms with van der Waals surface area (Å²) in [5.74, 6) is 0.560. The topological polar surface area (TPSA) is 87.7 Å². The van der Waals surface area contributed by atoms with Gasteiger partial charge in [0.15, 0.2) is 0 Å². The predicted molar refractivity (Wildman–Crippen MR) is 107 cm³/mol. The Kier molecular flexibility index (Phi) is 4.49. The average molecular weight is 380 g/mol. The third-order valence-corrected chi connectivity index (χ3v) is 5.49. The fourth-order valence-electron chi connectivity index (χ4n) is 3.91. The van der Waals surface area contributed by atoms with Gasteiger partial charge in [-0.05, 0) is 60.1 Å². The number of ether oxygens (including phenoxy) is 1. The first-order valence-corrected chi connectivity index (χ1v) is 9.53. The van der Waals surface area contributed by atoms with Gasteiger partial charge in [-0.2, -0.15) is 0 Å². The zero-order valence-electron chi connectivity index (χ0n) is 16.0. The van der Waals surface area contributed by atoms with Crippen LogP contribution in [-0.2, 0) is 11.2 Å². The number of para-hydroxylation sites is 1. The molecule has 1 saturated carbocycles. The summed E-state index contributed by atoms with van der Waals surface area (Å²) in [6.07, 6.45) is 1.37. The van der Waals surface area contributed by atoms with E-state index in [0.717, 1.165) is 41.8 Å². The van der Waals surface area contributed by atoms with Gasteiger partial charge in [0.2, 0.25) is 5.91 Å². The number of carbonyl (C=O) groups is 2. The standard InChI is InChI=1S/C22H24N2O4/c1-22(2)12-14-11-15(28-21(26)27)9-10-17(14)23-19(22)16-5-3-4-6-18(16)24-20(25)13-7-8-13/h3-6,9-11,13,19,23H,7-8,12H2,1-2H3,(H,24,25)(H,26,27). The Labute approximate surface area is 163 Å². The SMILES string of the molecule is CC1(C)Cc2cc(OC(=O)O)ccc2NC1c1ccccc1NC(=O)C1CC1. The van der Waals surface area contributed by atoms with Crippen LogP contribution >= 0.6 is 0 Å². The maximum Gasteiger partial charge on any atom is 0.511 e. The van der Waals surface area contributed by atoms with E-state index in [1.165, 1.54) is 0 Å². The van der Waals surface area contributed by atoms with Gasteiger partial charge in [0.1, 0.15) is 5.75 Å². The van der Waals surface area contributed by atoms with Gasteiger partial charge in [-0.1, -0.05) is 32.0 Å². The van der Waals surface area contributed by atoms with Crippen LogP contribution in [0.2, 0.25) is 0 Å². The Hall–Kier alpha value is -3.02. The maximum atomic E-state index is 12.3. The molecule has 1 aliphatic carbocycles. The van der Waals surface area contributed by atoms with E-state index in [1.807, 2.05) is 24.3 Å². The van der Waals surface area contributed by atoms with Crippen molar-refractivity contribution in [3.05, 3.63) is 53.6 Å². The van der Waals surface area contributed by atoms with Crippen LogP contribution in [0.15, 0.2) is 42.5 Å². The Balaban J connectivity index is 1.64. The van der Waals surface area contributed by atoms with E-state index in [-0.39, 0.29) is 23.3 Å².